The second kappa shape index (κ2) is 8.08. The third-order valence-corrected chi connectivity index (χ3v) is 4.57. The van der Waals surface area contributed by atoms with Gasteiger partial charge < -0.3 is 5.32 Å². The van der Waals surface area contributed by atoms with E-state index in [0.29, 0.717) is 16.4 Å². The average Bonchev–Trinajstić information content (AvgIpc) is 3.12. The maximum atomic E-state index is 12.6. The highest BCUT2D eigenvalue weighted by molar-refractivity contribution is 6.46. The first-order valence-electron chi connectivity index (χ1n) is 9.03. The van der Waals surface area contributed by atoms with E-state index in [9.17, 15) is 19.7 Å². The van der Waals surface area contributed by atoms with Crippen LogP contribution in [0.4, 0.5) is 11.5 Å². The van der Waals surface area contributed by atoms with E-state index in [1.807, 2.05) is 20.8 Å². The van der Waals surface area contributed by atoms with Crippen LogP contribution in [0.2, 0.25) is 5.02 Å². The van der Waals surface area contributed by atoms with Crippen molar-refractivity contribution in [2.45, 2.75) is 26.2 Å². The van der Waals surface area contributed by atoms with Crippen LogP contribution in [0.25, 0.3) is 5.69 Å². The summed E-state index contributed by atoms with van der Waals surface area (Å²) in [5.74, 6) is -1.37. The van der Waals surface area contributed by atoms with Crippen molar-refractivity contribution in [1.82, 2.24) is 9.78 Å². The Bertz CT molecular complexity index is 1130. The molecule has 0 aliphatic rings. The zero-order valence-electron chi connectivity index (χ0n) is 16.5. The first-order chi connectivity index (χ1) is 14.1. The van der Waals surface area contributed by atoms with Crippen LogP contribution < -0.4 is 5.32 Å². The number of hydrogen-bond donors (Lipinski definition) is 1. The van der Waals surface area contributed by atoms with Crippen molar-refractivity contribution in [1.29, 1.82) is 0 Å². The summed E-state index contributed by atoms with van der Waals surface area (Å²) in [6, 6.07) is 13.5. The minimum atomic E-state index is -0.857. The van der Waals surface area contributed by atoms with Crippen LogP contribution in [-0.2, 0) is 10.2 Å². The molecule has 1 aromatic heterocycles. The van der Waals surface area contributed by atoms with E-state index in [2.05, 4.69) is 10.4 Å². The minimum Gasteiger partial charge on any atom is -0.304 e. The molecule has 1 amide bonds. The number of benzene rings is 2. The number of nitro benzene ring substituents is 1. The van der Waals surface area contributed by atoms with Gasteiger partial charge in [-0.1, -0.05) is 38.4 Å². The predicted octanol–water partition coefficient (Wildman–Crippen LogP) is 4.55. The van der Waals surface area contributed by atoms with Crippen LogP contribution in [0, 0.1) is 10.1 Å². The lowest BCUT2D eigenvalue weighted by Gasteiger charge is -2.14. The van der Waals surface area contributed by atoms with Crippen molar-refractivity contribution in [2.24, 2.45) is 0 Å². The molecule has 0 unspecified atom stereocenters. The van der Waals surface area contributed by atoms with Gasteiger partial charge in [0.1, 0.15) is 5.82 Å². The van der Waals surface area contributed by atoms with Gasteiger partial charge in [-0.15, -0.1) is 0 Å². The van der Waals surface area contributed by atoms with Crippen LogP contribution >= 0.6 is 11.6 Å². The van der Waals surface area contributed by atoms with Gasteiger partial charge in [0, 0.05) is 34.2 Å². The summed E-state index contributed by atoms with van der Waals surface area (Å²) in [6.45, 7) is 5.83. The molecule has 0 radical (unpaired) electrons. The number of carbonyl (C=O) groups is 2. The largest absolute Gasteiger partial charge is 0.304 e. The molecule has 154 valence electrons. The molecule has 0 saturated carbocycles. The van der Waals surface area contributed by atoms with Crippen LogP contribution in [-0.4, -0.2) is 26.4 Å². The molecule has 0 saturated heterocycles. The number of non-ortho nitro benzene ring substituents is 1. The molecule has 0 bridgehead atoms. The van der Waals surface area contributed by atoms with Crippen LogP contribution in [0.15, 0.2) is 54.6 Å². The first kappa shape index (κ1) is 21.2. The molecule has 3 rings (SSSR count). The molecule has 0 aliphatic carbocycles. The van der Waals surface area contributed by atoms with E-state index < -0.39 is 16.6 Å². The number of nitro groups is 1. The van der Waals surface area contributed by atoms with Crippen molar-refractivity contribution in [2.75, 3.05) is 5.32 Å². The van der Waals surface area contributed by atoms with Crippen LogP contribution in [0.3, 0.4) is 0 Å². The molecule has 0 atom stereocenters. The second-order valence-corrected chi connectivity index (χ2v) is 8.08. The fourth-order valence-electron chi connectivity index (χ4n) is 2.68. The lowest BCUT2D eigenvalue weighted by Crippen LogP contribution is -2.24. The Hall–Kier alpha value is -3.52. The topological polar surface area (TPSA) is 107 Å². The van der Waals surface area contributed by atoms with Gasteiger partial charge in [-0.3, -0.25) is 19.7 Å². The number of halogens is 1. The van der Waals surface area contributed by atoms with Gasteiger partial charge in [0.05, 0.1) is 16.3 Å². The number of anilines is 1. The molecule has 9 heteroatoms. The number of nitrogens with one attached hydrogen (secondary N) is 1. The Balaban J connectivity index is 1.99. The van der Waals surface area contributed by atoms with Crippen molar-refractivity contribution in [3.05, 3.63) is 81.0 Å². The number of hydrogen-bond acceptors (Lipinski definition) is 5. The number of carbonyl (C=O) groups excluding carboxylic acids is 2. The highest BCUT2D eigenvalue weighted by Crippen LogP contribution is 2.27. The third kappa shape index (κ3) is 4.55. The van der Waals surface area contributed by atoms with E-state index >= 15 is 0 Å². The van der Waals surface area contributed by atoms with E-state index in [4.69, 9.17) is 11.6 Å². The van der Waals surface area contributed by atoms with E-state index in [0.717, 1.165) is 0 Å². The molecular weight excluding hydrogens is 408 g/mol. The molecule has 0 spiro atoms. The maximum absolute atomic E-state index is 12.6. The highest BCUT2D eigenvalue weighted by Gasteiger charge is 2.24. The van der Waals surface area contributed by atoms with E-state index in [-0.39, 0.29) is 22.5 Å². The number of aromatic nitrogens is 2. The summed E-state index contributed by atoms with van der Waals surface area (Å²) in [5.41, 5.74) is 0.743. The number of ketones is 1. The molecule has 8 nitrogen and oxygen atoms in total. The van der Waals surface area contributed by atoms with Crippen LogP contribution in [0.1, 0.15) is 36.8 Å². The lowest BCUT2D eigenvalue weighted by molar-refractivity contribution is -0.384. The van der Waals surface area contributed by atoms with Crippen molar-refractivity contribution in [3.63, 3.8) is 0 Å². The Morgan fingerprint density at radius 2 is 1.77 bits per heavy atom. The SMILES string of the molecule is CC(C)(C)c1cc(NC(=O)C(=O)c2ccc(Cl)cc2)n(-c2cccc([N+](=O)[O-])c2)n1. The van der Waals surface area contributed by atoms with Gasteiger partial charge in [0.25, 0.3) is 17.4 Å². The van der Waals surface area contributed by atoms with Gasteiger partial charge in [0.15, 0.2) is 0 Å². The quantitative estimate of drug-likeness (QED) is 0.278. The fraction of sp³-hybridized carbons (Fsp3) is 0.190. The zero-order chi connectivity index (χ0) is 22.1. The average molecular weight is 427 g/mol. The van der Waals surface area contributed by atoms with Gasteiger partial charge in [0.2, 0.25) is 0 Å². The molecule has 3 aromatic rings. The molecule has 2 aromatic carbocycles. The molecule has 30 heavy (non-hydrogen) atoms. The summed E-state index contributed by atoms with van der Waals surface area (Å²) in [4.78, 5) is 35.7. The Kier molecular flexibility index (Phi) is 5.71. The predicted molar refractivity (Wildman–Crippen MR) is 113 cm³/mol. The Morgan fingerprint density at radius 1 is 1.10 bits per heavy atom. The summed E-state index contributed by atoms with van der Waals surface area (Å²) in [5, 5.41) is 18.7. The van der Waals surface area contributed by atoms with Gasteiger partial charge in [-0.25, -0.2) is 4.68 Å². The Labute approximate surface area is 177 Å². The van der Waals surface area contributed by atoms with Gasteiger partial charge >= 0.3 is 0 Å². The van der Waals surface area contributed by atoms with Gasteiger partial charge in [-0.2, -0.15) is 5.10 Å². The molecule has 0 aliphatic heterocycles. The zero-order valence-corrected chi connectivity index (χ0v) is 17.3. The minimum absolute atomic E-state index is 0.116. The van der Waals surface area contributed by atoms with E-state index in [1.54, 1.807) is 12.1 Å². The molecular formula is C21H19ClN4O4. The van der Waals surface area contributed by atoms with Crippen LogP contribution in [0.5, 0.6) is 0 Å². The monoisotopic (exact) mass is 426 g/mol. The second-order valence-electron chi connectivity index (χ2n) is 7.64. The van der Waals surface area contributed by atoms with E-state index in [1.165, 1.54) is 47.1 Å². The first-order valence-corrected chi connectivity index (χ1v) is 9.40. The standard InChI is InChI=1S/C21H19ClN4O4/c1-21(2,3)17-12-18(23-20(28)19(27)13-7-9-14(22)10-8-13)25(24-17)15-5-4-6-16(11-15)26(29)30/h4-12H,1-3H3,(H,23,28). The molecule has 0 fully saturated rings. The molecule has 1 heterocycles. The van der Waals surface area contributed by atoms with Gasteiger partial charge in [-0.05, 0) is 30.3 Å². The lowest BCUT2D eigenvalue weighted by atomic mass is 9.92. The summed E-state index contributed by atoms with van der Waals surface area (Å²) in [6.07, 6.45) is 0. The third-order valence-electron chi connectivity index (χ3n) is 4.32. The number of amides is 1. The summed E-state index contributed by atoms with van der Waals surface area (Å²) < 4.78 is 1.38. The summed E-state index contributed by atoms with van der Waals surface area (Å²) in [7, 11) is 0. The van der Waals surface area contributed by atoms with Crippen molar-refractivity contribution < 1.29 is 14.5 Å². The highest BCUT2D eigenvalue weighted by atomic mass is 35.5. The van der Waals surface area contributed by atoms with Crippen molar-refractivity contribution in [3.8, 4) is 5.69 Å². The van der Waals surface area contributed by atoms with Crippen molar-refractivity contribution >= 4 is 34.8 Å². The summed E-state index contributed by atoms with van der Waals surface area (Å²) >= 11 is 5.82. The smallest absolute Gasteiger partial charge is 0.297 e. The Morgan fingerprint density at radius 3 is 2.37 bits per heavy atom. The number of rotatable bonds is 5. The fourth-order valence-corrected chi connectivity index (χ4v) is 2.80. The maximum Gasteiger partial charge on any atom is 0.297 e. The number of Topliss-reactive ketones (excluding diaryl/α,β-unsaturated/α-hetero) is 1. The molecule has 1 N–H and O–H groups in total. The normalized spacial score (nSPS) is 11.2. The number of nitrogens with zero attached hydrogens (tertiary/aromatic N) is 3.